The van der Waals surface area contributed by atoms with Gasteiger partial charge in [-0.05, 0) is 45.7 Å². The summed E-state index contributed by atoms with van der Waals surface area (Å²) in [6, 6.07) is 7.04. The minimum atomic E-state index is -0.585. The normalized spacial score (nSPS) is 11.0. The Bertz CT molecular complexity index is 649. The largest absolute Gasteiger partial charge is 0.444 e. The van der Waals surface area contributed by atoms with Gasteiger partial charge in [-0.1, -0.05) is 26.0 Å². The van der Waals surface area contributed by atoms with E-state index in [2.05, 4.69) is 16.0 Å². The molecule has 0 radical (unpaired) electrons. The molecule has 0 fully saturated rings. The zero-order valence-electron chi connectivity index (χ0n) is 16.8. The number of carbonyl (C=O) groups excluding carboxylic acids is 3. The molecule has 0 aliphatic heterocycles. The Hall–Kier alpha value is -2.57. The zero-order valence-corrected chi connectivity index (χ0v) is 16.8. The number of carbonyl (C=O) groups is 3. The van der Waals surface area contributed by atoms with Gasteiger partial charge in [-0.15, -0.1) is 0 Å². The minimum Gasteiger partial charge on any atom is -0.444 e. The van der Waals surface area contributed by atoms with Gasteiger partial charge in [0.25, 0.3) is 0 Å². The van der Waals surface area contributed by atoms with Crippen molar-refractivity contribution >= 4 is 29.3 Å². The summed E-state index contributed by atoms with van der Waals surface area (Å²) in [5, 5.41) is 8.18. The first-order valence-corrected chi connectivity index (χ1v) is 9.32. The second kappa shape index (κ2) is 10.5. The number of alkyl carbamates (subject to hydrolysis) is 1. The number of para-hydroxylation sites is 2. The number of anilines is 2. The van der Waals surface area contributed by atoms with Gasteiger partial charge in [0.05, 0.1) is 11.4 Å². The van der Waals surface area contributed by atoms with Crippen molar-refractivity contribution in [1.29, 1.82) is 0 Å². The predicted molar refractivity (Wildman–Crippen MR) is 107 cm³/mol. The van der Waals surface area contributed by atoms with Crippen molar-refractivity contribution in [2.24, 2.45) is 5.92 Å². The summed E-state index contributed by atoms with van der Waals surface area (Å²) in [6.07, 6.45) is 1.04. The Morgan fingerprint density at radius 2 is 1.56 bits per heavy atom. The van der Waals surface area contributed by atoms with Crippen LogP contribution in [0.5, 0.6) is 0 Å². The van der Waals surface area contributed by atoms with Crippen LogP contribution in [-0.2, 0) is 14.3 Å². The maximum absolute atomic E-state index is 12.3. The van der Waals surface area contributed by atoms with Crippen LogP contribution in [0.1, 0.15) is 53.9 Å². The molecule has 1 aromatic carbocycles. The van der Waals surface area contributed by atoms with E-state index in [1.54, 1.807) is 45.0 Å². The molecule has 27 heavy (non-hydrogen) atoms. The lowest BCUT2D eigenvalue weighted by molar-refractivity contribution is -0.120. The third kappa shape index (κ3) is 8.57. The van der Waals surface area contributed by atoms with Crippen molar-refractivity contribution in [3.8, 4) is 0 Å². The van der Waals surface area contributed by atoms with E-state index in [1.807, 2.05) is 13.8 Å². The van der Waals surface area contributed by atoms with Crippen LogP contribution in [0.4, 0.5) is 16.2 Å². The number of ether oxygens (including phenoxy) is 1. The van der Waals surface area contributed by atoms with Gasteiger partial charge in [-0.2, -0.15) is 0 Å². The van der Waals surface area contributed by atoms with Crippen molar-refractivity contribution in [2.75, 3.05) is 17.2 Å². The van der Waals surface area contributed by atoms with Gasteiger partial charge >= 0.3 is 6.09 Å². The maximum atomic E-state index is 12.3. The van der Waals surface area contributed by atoms with E-state index in [1.165, 1.54) is 0 Å². The fraction of sp³-hybridized carbons (Fsp3) is 0.550. The Morgan fingerprint density at radius 3 is 2.07 bits per heavy atom. The highest BCUT2D eigenvalue weighted by Gasteiger charge is 2.17. The van der Waals surface area contributed by atoms with Gasteiger partial charge < -0.3 is 20.7 Å². The van der Waals surface area contributed by atoms with Crippen LogP contribution in [0.25, 0.3) is 0 Å². The Labute approximate surface area is 161 Å². The fourth-order valence-electron chi connectivity index (χ4n) is 2.40. The minimum absolute atomic E-state index is 0.0618. The first kappa shape index (κ1) is 22.5. The molecule has 7 nitrogen and oxygen atoms in total. The number of nitrogens with one attached hydrogen (secondary N) is 3. The van der Waals surface area contributed by atoms with E-state index in [9.17, 15) is 14.4 Å². The number of hydrogen-bond donors (Lipinski definition) is 3. The molecule has 0 heterocycles. The van der Waals surface area contributed by atoms with Gasteiger partial charge in [0.2, 0.25) is 11.8 Å². The number of benzene rings is 1. The van der Waals surface area contributed by atoms with Gasteiger partial charge in [0.1, 0.15) is 5.60 Å². The lowest BCUT2D eigenvalue weighted by Crippen LogP contribution is -2.34. The molecule has 0 spiro atoms. The second-order valence-corrected chi connectivity index (χ2v) is 7.28. The lowest BCUT2D eigenvalue weighted by Gasteiger charge is -2.19. The quantitative estimate of drug-likeness (QED) is 0.640. The van der Waals surface area contributed by atoms with Crippen LogP contribution in [-0.4, -0.2) is 30.1 Å². The van der Waals surface area contributed by atoms with E-state index in [4.69, 9.17) is 4.74 Å². The monoisotopic (exact) mass is 377 g/mol. The first-order chi connectivity index (χ1) is 12.7. The lowest BCUT2D eigenvalue weighted by atomic mass is 10.0. The molecule has 0 saturated carbocycles. The second-order valence-electron chi connectivity index (χ2n) is 7.28. The van der Waals surface area contributed by atoms with Crippen molar-refractivity contribution in [3.63, 3.8) is 0 Å². The van der Waals surface area contributed by atoms with Crippen LogP contribution in [0.15, 0.2) is 24.3 Å². The van der Waals surface area contributed by atoms with Gasteiger partial charge in [0.15, 0.2) is 0 Å². The molecule has 0 unspecified atom stereocenters. The van der Waals surface area contributed by atoms with Crippen molar-refractivity contribution in [2.45, 2.75) is 59.5 Å². The highest BCUT2D eigenvalue weighted by atomic mass is 16.6. The van der Waals surface area contributed by atoms with Gasteiger partial charge in [0, 0.05) is 18.9 Å². The van der Waals surface area contributed by atoms with Crippen LogP contribution < -0.4 is 16.0 Å². The summed E-state index contributed by atoms with van der Waals surface area (Å²) in [7, 11) is 0. The standard InChI is InChI=1S/C20H31N3O4/c1-6-14(7-2)18(25)23-16-11-9-8-10-15(16)22-17(24)12-13-21-19(26)27-20(3,4)5/h8-11,14H,6-7,12-13H2,1-5H3,(H,21,26)(H,22,24)(H,23,25). The van der Waals surface area contributed by atoms with E-state index >= 15 is 0 Å². The summed E-state index contributed by atoms with van der Waals surface area (Å²) in [6.45, 7) is 9.41. The molecular formula is C20H31N3O4. The van der Waals surface area contributed by atoms with E-state index in [0.29, 0.717) is 11.4 Å². The summed E-state index contributed by atoms with van der Waals surface area (Å²) in [5.41, 5.74) is 0.500. The highest BCUT2D eigenvalue weighted by molar-refractivity contribution is 6.00. The first-order valence-electron chi connectivity index (χ1n) is 9.32. The molecule has 7 heteroatoms. The van der Waals surface area contributed by atoms with E-state index < -0.39 is 11.7 Å². The Balaban J connectivity index is 2.57. The van der Waals surface area contributed by atoms with Crippen molar-refractivity contribution in [1.82, 2.24) is 5.32 Å². The van der Waals surface area contributed by atoms with E-state index in [-0.39, 0.29) is 30.7 Å². The zero-order chi connectivity index (χ0) is 20.4. The average Bonchev–Trinajstić information content (AvgIpc) is 2.56. The number of rotatable bonds is 8. The molecule has 0 saturated heterocycles. The molecular weight excluding hydrogens is 346 g/mol. The molecule has 0 atom stereocenters. The fourth-order valence-corrected chi connectivity index (χ4v) is 2.40. The number of hydrogen-bond acceptors (Lipinski definition) is 4. The SMILES string of the molecule is CCC(CC)C(=O)Nc1ccccc1NC(=O)CCNC(=O)OC(C)(C)C. The van der Waals surface area contributed by atoms with E-state index in [0.717, 1.165) is 12.8 Å². The summed E-state index contributed by atoms with van der Waals surface area (Å²) in [4.78, 5) is 36.0. The maximum Gasteiger partial charge on any atom is 0.407 e. The number of amides is 3. The van der Waals surface area contributed by atoms with Crippen LogP contribution in [0, 0.1) is 5.92 Å². The molecule has 1 aromatic rings. The Morgan fingerprint density at radius 1 is 1.00 bits per heavy atom. The van der Waals surface area contributed by atoms with Crippen LogP contribution in [0.2, 0.25) is 0 Å². The average molecular weight is 377 g/mol. The highest BCUT2D eigenvalue weighted by Crippen LogP contribution is 2.22. The molecule has 1 rings (SSSR count). The molecule has 150 valence electrons. The molecule has 3 amide bonds. The third-order valence-corrected chi connectivity index (χ3v) is 3.84. The van der Waals surface area contributed by atoms with Crippen LogP contribution in [0.3, 0.4) is 0 Å². The Kier molecular flexibility index (Phi) is 8.78. The van der Waals surface area contributed by atoms with Gasteiger partial charge in [-0.25, -0.2) is 4.79 Å². The molecule has 0 aliphatic rings. The summed E-state index contributed by atoms with van der Waals surface area (Å²) >= 11 is 0. The van der Waals surface area contributed by atoms with Crippen molar-refractivity contribution < 1.29 is 19.1 Å². The molecule has 0 aliphatic carbocycles. The van der Waals surface area contributed by atoms with Crippen LogP contribution >= 0.6 is 0 Å². The topological polar surface area (TPSA) is 96.5 Å². The van der Waals surface area contributed by atoms with Crippen molar-refractivity contribution in [3.05, 3.63) is 24.3 Å². The third-order valence-electron chi connectivity index (χ3n) is 3.84. The molecule has 3 N–H and O–H groups in total. The summed E-state index contributed by atoms with van der Waals surface area (Å²) in [5.74, 6) is -0.393. The van der Waals surface area contributed by atoms with Gasteiger partial charge in [-0.3, -0.25) is 9.59 Å². The smallest absolute Gasteiger partial charge is 0.407 e. The molecule has 0 aromatic heterocycles. The molecule has 0 bridgehead atoms. The predicted octanol–water partition coefficient (Wildman–Crippen LogP) is 3.91. The summed E-state index contributed by atoms with van der Waals surface area (Å²) < 4.78 is 5.12.